The molecule has 0 unspecified atom stereocenters. The van der Waals surface area contributed by atoms with Crippen molar-refractivity contribution in [2.75, 3.05) is 14.1 Å². The van der Waals surface area contributed by atoms with E-state index in [-0.39, 0.29) is 0 Å². The lowest BCUT2D eigenvalue weighted by Gasteiger charge is -2.06. The van der Waals surface area contributed by atoms with E-state index in [1.54, 1.807) is 18.8 Å². The molecule has 98 valence electrons. The van der Waals surface area contributed by atoms with Crippen LogP contribution in [0.15, 0.2) is 59.6 Å². The van der Waals surface area contributed by atoms with Crippen LogP contribution in [0.25, 0.3) is 11.1 Å². The first-order chi connectivity index (χ1) is 9.33. The van der Waals surface area contributed by atoms with E-state index in [2.05, 4.69) is 58.8 Å². The second kappa shape index (κ2) is 7.00. The van der Waals surface area contributed by atoms with Gasteiger partial charge in [0, 0.05) is 19.8 Å². The average Bonchev–Trinajstić information content (AvgIpc) is 2.50. The fraction of sp³-hybridized carbons (Fsp3) is 0.188. The molecule has 0 aliphatic heterocycles. The zero-order valence-electron chi connectivity index (χ0n) is 11.3. The van der Waals surface area contributed by atoms with Crippen LogP contribution in [0.5, 0.6) is 0 Å². The molecule has 19 heavy (non-hydrogen) atoms. The van der Waals surface area contributed by atoms with Gasteiger partial charge < -0.3 is 5.32 Å². The minimum absolute atomic E-state index is 0.933. The van der Waals surface area contributed by atoms with Gasteiger partial charge in [-0.05, 0) is 16.7 Å². The van der Waals surface area contributed by atoms with Crippen molar-refractivity contribution in [2.24, 2.45) is 4.99 Å². The van der Waals surface area contributed by atoms with Crippen molar-refractivity contribution in [1.29, 1.82) is 0 Å². The smallest absolute Gasteiger partial charge is 0.156 e. The molecule has 0 saturated carbocycles. The van der Waals surface area contributed by atoms with Gasteiger partial charge in [0.05, 0.1) is 0 Å². The third-order valence-corrected chi connectivity index (χ3v) is 3.99. The Morgan fingerprint density at radius 2 is 1.63 bits per heavy atom. The fourth-order valence-corrected chi connectivity index (χ4v) is 2.59. The van der Waals surface area contributed by atoms with Crippen LogP contribution < -0.4 is 5.32 Å². The summed E-state index contributed by atoms with van der Waals surface area (Å²) in [6.07, 6.45) is 0. The Hall–Kier alpha value is -1.74. The summed E-state index contributed by atoms with van der Waals surface area (Å²) in [4.78, 5) is 4.16. The maximum Gasteiger partial charge on any atom is 0.156 e. The number of amidine groups is 1. The van der Waals surface area contributed by atoms with Crippen molar-refractivity contribution in [3.8, 4) is 11.1 Å². The molecule has 0 saturated heterocycles. The molecule has 0 heterocycles. The van der Waals surface area contributed by atoms with E-state index >= 15 is 0 Å². The number of hydrogen-bond acceptors (Lipinski definition) is 2. The van der Waals surface area contributed by atoms with Gasteiger partial charge >= 0.3 is 0 Å². The molecule has 0 aromatic heterocycles. The zero-order chi connectivity index (χ0) is 13.5. The Labute approximate surface area is 119 Å². The standard InChI is InChI=1S/C16H18N2S/c1-17-16(18-2)19-12-13-8-10-15(11-9-13)14-6-4-3-5-7-14/h3-11H,12H2,1-2H3,(H,17,18). The van der Waals surface area contributed by atoms with Crippen molar-refractivity contribution >= 4 is 16.9 Å². The van der Waals surface area contributed by atoms with Crippen LogP contribution in [-0.2, 0) is 5.75 Å². The Balaban J connectivity index is 2.03. The summed E-state index contributed by atoms with van der Waals surface area (Å²) in [5.74, 6) is 0.933. The Bertz CT molecular complexity index is 532. The van der Waals surface area contributed by atoms with Gasteiger partial charge in [-0.2, -0.15) is 0 Å². The molecule has 0 radical (unpaired) electrons. The van der Waals surface area contributed by atoms with Gasteiger partial charge in [0.25, 0.3) is 0 Å². The first-order valence-electron chi connectivity index (χ1n) is 6.25. The van der Waals surface area contributed by atoms with Crippen LogP contribution in [0.1, 0.15) is 5.56 Å². The fourth-order valence-electron chi connectivity index (χ4n) is 1.82. The Morgan fingerprint density at radius 1 is 1.00 bits per heavy atom. The highest BCUT2D eigenvalue weighted by Crippen LogP contribution is 2.21. The summed E-state index contributed by atoms with van der Waals surface area (Å²) >= 11 is 1.72. The lowest BCUT2D eigenvalue weighted by atomic mass is 10.0. The molecule has 0 spiro atoms. The van der Waals surface area contributed by atoms with E-state index in [4.69, 9.17) is 0 Å². The lowest BCUT2D eigenvalue weighted by Crippen LogP contribution is -2.13. The predicted octanol–water partition coefficient (Wildman–Crippen LogP) is 3.79. The molecule has 0 atom stereocenters. The van der Waals surface area contributed by atoms with Gasteiger partial charge in [0.1, 0.15) is 0 Å². The lowest BCUT2D eigenvalue weighted by molar-refractivity contribution is 1.18. The SMILES string of the molecule is CN=C(NC)SCc1ccc(-c2ccccc2)cc1. The summed E-state index contributed by atoms with van der Waals surface area (Å²) in [6, 6.07) is 19.1. The number of nitrogens with zero attached hydrogens (tertiary/aromatic N) is 1. The number of aliphatic imine (C=N–C) groups is 1. The number of rotatable bonds is 3. The highest BCUT2D eigenvalue weighted by molar-refractivity contribution is 8.13. The van der Waals surface area contributed by atoms with Crippen LogP contribution in [0.4, 0.5) is 0 Å². The molecule has 0 aliphatic carbocycles. The second-order valence-corrected chi connectivity index (χ2v) is 5.09. The van der Waals surface area contributed by atoms with E-state index in [1.165, 1.54) is 16.7 Å². The third-order valence-electron chi connectivity index (χ3n) is 2.85. The molecule has 2 rings (SSSR count). The summed E-state index contributed by atoms with van der Waals surface area (Å²) in [5.41, 5.74) is 3.82. The summed E-state index contributed by atoms with van der Waals surface area (Å²) in [7, 11) is 3.70. The van der Waals surface area contributed by atoms with E-state index in [0.717, 1.165) is 10.9 Å². The predicted molar refractivity (Wildman–Crippen MR) is 85.6 cm³/mol. The maximum absolute atomic E-state index is 4.16. The molecular weight excluding hydrogens is 252 g/mol. The second-order valence-electron chi connectivity index (χ2n) is 4.13. The number of nitrogens with one attached hydrogen (secondary N) is 1. The largest absolute Gasteiger partial charge is 0.368 e. The minimum Gasteiger partial charge on any atom is -0.368 e. The molecular formula is C16H18N2S. The minimum atomic E-state index is 0.933. The van der Waals surface area contributed by atoms with Gasteiger partial charge in [-0.15, -0.1) is 0 Å². The molecule has 0 fully saturated rings. The van der Waals surface area contributed by atoms with E-state index in [0.29, 0.717) is 0 Å². The van der Waals surface area contributed by atoms with Crippen LogP contribution in [0.2, 0.25) is 0 Å². The van der Waals surface area contributed by atoms with Crippen LogP contribution in [0.3, 0.4) is 0 Å². The molecule has 2 aromatic rings. The van der Waals surface area contributed by atoms with Gasteiger partial charge in [-0.25, -0.2) is 0 Å². The van der Waals surface area contributed by atoms with Crippen molar-refractivity contribution < 1.29 is 0 Å². The van der Waals surface area contributed by atoms with Gasteiger partial charge in [-0.1, -0.05) is 66.4 Å². The van der Waals surface area contributed by atoms with Gasteiger partial charge in [-0.3, -0.25) is 4.99 Å². The summed E-state index contributed by atoms with van der Waals surface area (Å²) < 4.78 is 0. The average molecular weight is 270 g/mol. The molecule has 0 amide bonds. The van der Waals surface area contributed by atoms with Crippen molar-refractivity contribution in [2.45, 2.75) is 5.75 Å². The van der Waals surface area contributed by atoms with E-state index in [1.807, 2.05) is 13.1 Å². The monoisotopic (exact) mass is 270 g/mol. The first kappa shape index (κ1) is 13.7. The zero-order valence-corrected chi connectivity index (χ0v) is 12.1. The third kappa shape index (κ3) is 3.86. The first-order valence-corrected chi connectivity index (χ1v) is 7.23. The quantitative estimate of drug-likeness (QED) is 0.678. The molecule has 2 nitrogen and oxygen atoms in total. The Morgan fingerprint density at radius 3 is 2.21 bits per heavy atom. The molecule has 3 heteroatoms. The normalized spacial score (nSPS) is 11.4. The van der Waals surface area contributed by atoms with Crippen LogP contribution in [0, 0.1) is 0 Å². The highest BCUT2D eigenvalue weighted by Gasteiger charge is 2.00. The topological polar surface area (TPSA) is 24.4 Å². The molecule has 0 bridgehead atoms. The van der Waals surface area contributed by atoms with Crippen LogP contribution in [-0.4, -0.2) is 19.3 Å². The van der Waals surface area contributed by atoms with Crippen molar-refractivity contribution in [1.82, 2.24) is 5.32 Å². The van der Waals surface area contributed by atoms with E-state index < -0.39 is 0 Å². The summed E-state index contributed by atoms with van der Waals surface area (Å²) in [5, 5.41) is 4.04. The van der Waals surface area contributed by atoms with E-state index in [9.17, 15) is 0 Å². The Kier molecular flexibility index (Phi) is 5.04. The van der Waals surface area contributed by atoms with Crippen LogP contribution >= 0.6 is 11.8 Å². The summed E-state index contributed by atoms with van der Waals surface area (Å²) in [6.45, 7) is 0. The van der Waals surface area contributed by atoms with Crippen molar-refractivity contribution in [3.05, 3.63) is 60.2 Å². The molecule has 0 aliphatic rings. The number of benzene rings is 2. The highest BCUT2D eigenvalue weighted by atomic mass is 32.2. The number of thioether (sulfide) groups is 1. The number of hydrogen-bond donors (Lipinski definition) is 1. The molecule has 2 aromatic carbocycles. The van der Waals surface area contributed by atoms with Gasteiger partial charge in [0.15, 0.2) is 5.17 Å². The van der Waals surface area contributed by atoms with Crippen molar-refractivity contribution in [3.63, 3.8) is 0 Å². The molecule has 1 N–H and O–H groups in total. The maximum atomic E-state index is 4.16. The van der Waals surface area contributed by atoms with Gasteiger partial charge in [0.2, 0.25) is 0 Å².